The van der Waals surface area contributed by atoms with Crippen LogP contribution < -0.4 is 10.5 Å². The van der Waals surface area contributed by atoms with E-state index in [1.807, 2.05) is 18.2 Å². The van der Waals surface area contributed by atoms with E-state index >= 15 is 0 Å². The Balaban J connectivity index is 1.90. The normalized spacial score (nSPS) is 18.6. The minimum atomic E-state index is -0.467. The van der Waals surface area contributed by atoms with Crippen LogP contribution in [0.1, 0.15) is 29.0 Å². The van der Waals surface area contributed by atoms with E-state index in [0.717, 1.165) is 24.0 Å². The smallest absolute Gasteiger partial charge is 0.205 e. The van der Waals surface area contributed by atoms with Crippen molar-refractivity contribution in [3.63, 3.8) is 0 Å². The molecule has 1 unspecified atom stereocenters. The van der Waals surface area contributed by atoms with Gasteiger partial charge in [-0.25, -0.2) is 4.39 Å². The zero-order valence-electron chi connectivity index (χ0n) is 14.3. The number of nitriles is 1. The predicted molar refractivity (Wildman–Crippen MR) is 95.3 cm³/mol. The Labute approximate surface area is 151 Å². The van der Waals surface area contributed by atoms with Gasteiger partial charge in [0.25, 0.3) is 0 Å². The molecule has 2 aromatic carbocycles. The molecule has 1 heterocycles. The van der Waals surface area contributed by atoms with Crippen molar-refractivity contribution in [2.75, 3.05) is 7.11 Å². The van der Waals surface area contributed by atoms with E-state index in [2.05, 4.69) is 12.1 Å². The third-order valence-electron chi connectivity index (χ3n) is 4.96. The fraction of sp³-hybridized carbons (Fsp3) is 0.190. The summed E-state index contributed by atoms with van der Waals surface area (Å²) < 4.78 is 25.1. The lowest BCUT2D eigenvalue weighted by molar-refractivity contribution is 0.349. The second kappa shape index (κ2) is 6.23. The number of hydrogen-bond acceptors (Lipinski definition) is 4. The first kappa shape index (κ1) is 16.2. The summed E-state index contributed by atoms with van der Waals surface area (Å²) in [6, 6.07) is 14.9. The second-order valence-electron chi connectivity index (χ2n) is 6.33. The van der Waals surface area contributed by atoms with E-state index in [1.54, 1.807) is 12.1 Å². The summed E-state index contributed by atoms with van der Waals surface area (Å²) >= 11 is 0. The third kappa shape index (κ3) is 2.42. The van der Waals surface area contributed by atoms with Gasteiger partial charge in [0.2, 0.25) is 5.88 Å². The number of nitrogens with two attached hydrogens (primary N) is 1. The van der Waals surface area contributed by atoms with E-state index in [9.17, 15) is 9.65 Å². The molecule has 2 aliphatic rings. The van der Waals surface area contributed by atoms with Gasteiger partial charge in [-0.2, -0.15) is 5.26 Å². The van der Waals surface area contributed by atoms with Gasteiger partial charge in [0.15, 0.2) is 11.6 Å². The van der Waals surface area contributed by atoms with Crippen molar-refractivity contribution in [1.29, 1.82) is 5.26 Å². The molecule has 2 N–H and O–H groups in total. The van der Waals surface area contributed by atoms with Crippen molar-refractivity contribution in [1.82, 2.24) is 0 Å². The quantitative estimate of drug-likeness (QED) is 0.891. The molecule has 5 heteroatoms. The van der Waals surface area contributed by atoms with Gasteiger partial charge < -0.3 is 15.2 Å². The number of methoxy groups -OCH3 is 1. The minimum absolute atomic E-state index is 0.0733. The van der Waals surface area contributed by atoms with Crippen LogP contribution >= 0.6 is 0 Å². The van der Waals surface area contributed by atoms with Gasteiger partial charge in [0, 0.05) is 11.5 Å². The molecule has 0 fully saturated rings. The Hall–Kier alpha value is -3.26. The summed E-state index contributed by atoms with van der Waals surface area (Å²) in [5.41, 5.74) is 10.2. The fourth-order valence-electron chi connectivity index (χ4n) is 3.74. The lowest BCUT2D eigenvalue weighted by Gasteiger charge is -2.33. The van der Waals surface area contributed by atoms with E-state index < -0.39 is 11.7 Å². The standard InChI is InChI=1S/C21H17FN2O2/c1-25-18-9-7-13(10-17(18)22)19-15-8-6-12-4-2-3-5-14(12)20(15)26-21(24)16(19)11-23/h2-5,7,9-10,19H,6,8,24H2,1H3. The summed E-state index contributed by atoms with van der Waals surface area (Å²) in [5, 5.41) is 9.64. The predicted octanol–water partition coefficient (Wildman–Crippen LogP) is 4.00. The van der Waals surface area contributed by atoms with Crippen LogP contribution in [-0.4, -0.2) is 7.11 Å². The largest absolute Gasteiger partial charge is 0.494 e. The van der Waals surface area contributed by atoms with Crippen molar-refractivity contribution < 1.29 is 13.9 Å². The number of nitrogens with zero attached hydrogens (tertiary/aromatic N) is 1. The molecular weight excluding hydrogens is 331 g/mol. The van der Waals surface area contributed by atoms with Gasteiger partial charge in [0.1, 0.15) is 17.4 Å². The average molecular weight is 348 g/mol. The number of benzene rings is 2. The van der Waals surface area contributed by atoms with Crippen LogP contribution in [-0.2, 0) is 11.2 Å². The van der Waals surface area contributed by atoms with Crippen LogP contribution in [0, 0.1) is 17.1 Å². The molecule has 1 atom stereocenters. The molecule has 1 aliphatic heterocycles. The molecule has 0 bridgehead atoms. The number of ether oxygens (including phenoxy) is 2. The Morgan fingerprint density at radius 2 is 2.04 bits per heavy atom. The molecule has 26 heavy (non-hydrogen) atoms. The Morgan fingerprint density at radius 1 is 1.23 bits per heavy atom. The van der Waals surface area contributed by atoms with Gasteiger partial charge in [-0.3, -0.25) is 0 Å². The molecule has 2 aromatic rings. The van der Waals surface area contributed by atoms with Gasteiger partial charge in [-0.15, -0.1) is 0 Å². The molecule has 0 saturated carbocycles. The Kier molecular flexibility index (Phi) is 3.89. The Morgan fingerprint density at radius 3 is 2.77 bits per heavy atom. The van der Waals surface area contributed by atoms with E-state index in [4.69, 9.17) is 15.2 Å². The van der Waals surface area contributed by atoms with Crippen molar-refractivity contribution >= 4 is 5.76 Å². The van der Waals surface area contributed by atoms with Gasteiger partial charge in [0.05, 0.1) is 7.11 Å². The van der Waals surface area contributed by atoms with Crippen LogP contribution in [0.25, 0.3) is 5.76 Å². The molecule has 0 spiro atoms. The lowest BCUT2D eigenvalue weighted by Crippen LogP contribution is -2.23. The fourth-order valence-corrected chi connectivity index (χ4v) is 3.74. The molecule has 0 radical (unpaired) electrons. The highest BCUT2D eigenvalue weighted by Gasteiger charge is 2.36. The number of aryl methyl sites for hydroxylation is 1. The van der Waals surface area contributed by atoms with E-state index in [-0.39, 0.29) is 11.6 Å². The number of fused-ring (bicyclic) bond motifs is 2. The molecule has 1 aliphatic carbocycles. The van der Waals surface area contributed by atoms with Gasteiger partial charge >= 0.3 is 0 Å². The number of hydrogen-bond donors (Lipinski definition) is 1. The molecule has 0 amide bonds. The van der Waals surface area contributed by atoms with Crippen LogP contribution in [0.5, 0.6) is 5.75 Å². The molecule has 4 nitrogen and oxygen atoms in total. The Bertz CT molecular complexity index is 1000. The monoisotopic (exact) mass is 348 g/mol. The second-order valence-corrected chi connectivity index (χ2v) is 6.33. The molecule has 4 rings (SSSR count). The minimum Gasteiger partial charge on any atom is -0.494 e. The first-order chi connectivity index (χ1) is 12.6. The molecule has 0 saturated heterocycles. The maximum absolute atomic E-state index is 14.3. The molecular formula is C21H17FN2O2. The van der Waals surface area contributed by atoms with Crippen LogP contribution in [0.4, 0.5) is 4.39 Å². The summed E-state index contributed by atoms with van der Waals surface area (Å²) in [7, 11) is 1.42. The van der Waals surface area contributed by atoms with Crippen molar-refractivity contribution in [2.45, 2.75) is 18.8 Å². The summed E-state index contributed by atoms with van der Waals surface area (Å²) in [5.74, 6) is 0.0384. The van der Waals surface area contributed by atoms with Crippen molar-refractivity contribution in [3.8, 4) is 11.8 Å². The summed E-state index contributed by atoms with van der Waals surface area (Å²) in [6.45, 7) is 0. The SMILES string of the molecule is COc1ccc(C2C(C#N)=C(N)OC3=C2CCc2ccccc23)cc1F. The summed E-state index contributed by atoms with van der Waals surface area (Å²) in [4.78, 5) is 0. The maximum Gasteiger partial charge on any atom is 0.205 e. The zero-order valence-corrected chi connectivity index (χ0v) is 14.3. The third-order valence-corrected chi connectivity index (χ3v) is 4.96. The highest BCUT2D eigenvalue weighted by Crippen LogP contribution is 2.47. The van der Waals surface area contributed by atoms with E-state index in [1.165, 1.54) is 18.7 Å². The lowest BCUT2D eigenvalue weighted by atomic mass is 9.76. The van der Waals surface area contributed by atoms with Crippen molar-refractivity contribution in [3.05, 3.63) is 82.0 Å². The molecule has 0 aromatic heterocycles. The number of allylic oxidation sites excluding steroid dienone is 2. The van der Waals surface area contributed by atoms with Crippen LogP contribution in [0.15, 0.2) is 59.5 Å². The first-order valence-corrected chi connectivity index (χ1v) is 8.36. The number of halogens is 1. The topological polar surface area (TPSA) is 68.3 Å². The van der Waals surface area contributed by atoms with Crippen LogP contribution in [0.2, 0.25) is 0 Å². The highest BCUT2D eigenvalue weighted by atomic mass is 19.1. The summed E-state index contributed by atoms with van der Waals surface area (Å²) in [6.07, 6.45) is 1.56. The number of rotatable bonds is 2. The van der Waals surface area contributed by atoms with Crippen LogP contribution in [0.3, 0.4) is 0 Å². The van der Waals surface area contributed by atoms with E-state index in [0.29, 0.717) is 16.9 Å². The average Bonchev–Trinajstić information content (AvgIpc) is 2.66. The molecule has 130 valence electrons. The highest BCUT2D eigenvalue weighted by molar-refractivity contribution is 5.74. The zero-order chi connectivity index (χ0) is 18.3. The van der Waals surface area contributed by atoms with Gasteiger partial charge in [-0.05, 0) is 41.7 Å². The van der Waals surface area contributed by atoms with Crippen molar-refractivity contribution in [2.24, 2.45) is 5.73 Å². The maximum atomic E-state index is 14.3. The van der Waals surface area contributed by atoms with Gasteiger partial charge in [-0.1, -0.05) is 30.3 Å². The first-order valence-electron chi connectivity index (χ1n) is 8.36.